The van der Waals surface area contributed by atoms with Crippen molar-refractivity contribution in [3.8, 4) is 0 Å². The van der Waals surface area contributed by atoms with Crippen LogP contribution in [-0.4, -0.2) is 21.8 Å². The third-order valence-electron chi connectivity index (χ3n) is 3.91. The van der Waals surface area contributed by atoms with E-state index >= 15 is 0 Å². The smallest absolute Gasteiger partial charge is 0.102 e. The molecular weight excluding hydrogens is 344 g/mol. The predicted octanol–water partition coefficient (Wildman–Crippen LogP) is 6.62. The number of aromatic amines is 1. The second-order valence-corrected chi connectivity index (χ2v) is 6.57. The first-order valence-corrected chi connectivity index (χ1v) is 10.4. The van der Waals surface area contributed by atoms with Gasteiger partial charge in [0.2, 0.25) is 0 Å². The molecule has 0 bridgehead atoms. The molecular formula is C24H40N4. The van der Waals surface area contributed by atoms with Gasteiger partial charge in [0.05, 0.1) is 6.20 Å². The maximum atomic E-state index is 3.93. The van der Waals surface area contributed by atoms with Crippen molar-refractivity contribution in [2.75, 3.05) is 12.4 Å². The van der Waals surface area contributed by atoms with Gasteiger partial charge in [0.1, 0.15) is 5.82 Å². The summed E-state index contributed by atoms with van der Waals surface area (Å²) in [4.78, 5) is 2.98. The lowest BCUT2D eigenvalue weighted by Crippen LogP contribution is -1.84. The highest BCUT2D eigenvalue weighted by atomic mass is 15.2. The van der Waals surface area contributed by atoms with Crippen LogP contribution < -0.4 is 5.32 Å². The highest BCUT2D eigenvalue weighted by molar-refractivity contribution is 5.32. The van der Waals surface area contributed by atoms with Crippen LogP contribution in [0.3, 0.4) is 0 Å². The number of rotatable bonds is 5. The van der Waals surface area contributed by atoms with E-state index in [0.717, 1.165) is 12.2 Å². The van der Waals surface area contributed by atoms with Crippen molar-refractivity contribution in [2.24, 2.45) is 7.05 Å². The summed E-state index contributed by atoms with van der Waals surface area (Å²) in [5.74, 6) is 1.06. The number of hydrogen-bond donors (Lipinski definition) is 2. The molecule has 2 N–H and O–H groups in total. The normalized spacial score (nSPS) is 9.07. The molecule has 0 radical (unpaired) electrons. The van der Waals surface area contributed by atoms with Gasteiger partial charge in [-0.2, -0.15) is 5.10 Å². The van der Waals surface area contributed by atoms with Gasteiger partial charge in [-0.05, 0) is 36.6 Å². The fourth-order valence-electron chi connectivity index (χ4n) is 2.24. The summed E-state index contributed by atoms with van der Waals surface area (Å²) in [6.07, 6.45) is 12.4. The lowest BCUT2D eigenvalue weighted by atomic mass is 10.2. The van der Waals surface area contributed by atoms with Crippen LogP contribution in [0.4, 0.5) is 5.82 Å². The van der Waals surface area contributed by atoms with E-state index in [1.165, 1.54) is 36.8 Å². The average molecular weight is 385 g/mol. The van der Waals surface area contributed by atoms with Crippen molar-refractivity contribution in [1.82, 2.24) is 14.8 Å². The fraction of sp³-hybridized carbons (Fsp3) is 0.458. The van der Waals surface area contributed by atoms with Gasteiger partial charge in [0.25, 0.3) is 0 Å². The molecule has 28 heavy (non-hydrogen) atoms. The van der Waals surface area contributed by atoms with Gasteiger partial charge in [-0.25, -0.2) is 0 Å². The van der Waals surface area contributed by atoms with Crippen LogP contribution in [0.2, 0.25) is 0 Å². The summed E-state index contributed by atoms with van der Waals surface area (Å²) < 4.78 is 1.79. The predicted molar refractivity (Wildman–Crippen MR) is 124 cm³/mol. The lowest BCUT2D eigenvalue weighted by molar-refractivity contribution is 0.702. The Balaban J connectivity index is 0.000000349. The quantitative estimate of drug-likeness (QED) is 0.485. The van der Waals surface area contributed by atoms with E-state index in [-0.39, 0.29) is 0 Å². The zero-order valence-corrected chi connectivity index (χ0v) is 18.7. The fourth-order valence-corrected chi connectivity index (χ4v) is 2.24. The van der Waals surface area contributed by atoms with Gasteiger partial charge in [-0.3, -0.25) is 4.68 Å². The van der Waals surface area contributed by atoms with E-state index in [1.807, 2.05) is 57.8 Å². The first-order valence-electron chi connectivity index (χ1n) is 10.4. The van der Waals surface area contributed by atoms with Crippen molar-refractivity contribution < 1.29 is 0 Å². The first kappa shape index (κ1) is 25.5. The molecule has 3 aromatic rings. The summed E-state index contributed by atoms with van der Waals surface area (Å²) in [7, 11) is 3.79. The Morgan fingerprint density at radius 1 is 0.964 bits per heavy atom. The molecule has 0 atom stereocenters. The number of benzene rings is 1. The zero-order chi connectivity index (χ0) is 21.0. The minimum absolute atomic E-state index is 1.06. The Labute approximate surface area is 172 Å². The lowest BCUT2D eigenvalue weighted by Gasteiger charge is -1.89. The van der Waals surface area contributed by atoms with Crippen molar-refractivity contribution in [3.05, 3.63) is 72.2 Å². The molecule has 0 fully saturated rings. The van der Waals surface area contributed by atoms with Gasteiger partial charge >= 0.3 is 0 Å². The third kappa shape index (κ3) is 14.7. The third-order valence-corrected chi connectivity index (χ3v) is 3.91. The van der Waals surface area contributed by atoms with Gasteiger partial charge < -0.3 is 10.3 Å². The second kappa shape index (κ2) is 17.9. The van der Waals surface area contributed by atoms with Gasteiger partial charge in [-0.15, -0.1) is 0 Å². The van der Waals surface area contributed by atoms with Crippen LogP contribution in [0.5, 0.6) is 0 Å². The second-order valence-electron chi connectivity index (χ2n) is 6.57. The molecule has 0 saturated carbocycles. The molecule has 0 unspecified atom stereocenters. The van der Waals surface area contributed by atoms with E-state index in [1.54, 1.807) is 4.68 Å². The van der Waals surface area contributed by atoms with Gasteiger partial charge in [-0.1, -0.05) is 76.8 Å². The number of H-pyrrole nitrogens is 1. The van der Waals surface area contributed by atoms with Crippen LogP contribution in [0.25, 0.3) is 0 Å². The topological polar surface area (TPSA) is 45.6 Å². The average Bonchev–Trinajstić information content (AvgIpc) is 3.39. The summed E-state index contributed by atoms with van der Waals surface area (Å²) >= 11 is 0. The van der Waals surface area contributed by atoms with E-state index in [4.69, 9.17) is 0 Å². The van der Waals surface area contributed by atoms with Crippen molar-refractivity contribution >= 4 is 5.82 Å². The van der Waals surface area contributed by atoms with Crippen LogP contribution in [-0.2, 0) is 13.5 Å². The summed E-state index contributed by atoms with van der Waals surface area (Å²) in [6, 6.07) is 14.4. The highest BCUT2D eigenvalue weighted by Gasteiger charge is 1.82. The molecule has 0 amide bonds. The standard InChI is InChI=1S/C8H10.C6H14.2C5H8N2/c1-2-8-6-4-3-5-7-8;1-3-5-6-4-2;1-5-3-6-7(2)4-5;1-6-5-3-2-4-7-5/h3-7H,2H2,1H3;3-6H2,1-2H3;3-4H,1-2H3;2-4,6-7H,1H3. The molecule has 2 aromatic heterocycles. The number of aromatic nitrogens is 3. The Kier molecular flexibility index (Phi) is 16.3. The number of unbranched alkanes of at least 4 members (excludes halogenated alkanes) is 3. The SMILES string of the molecule is CCCCCC.CCc1ccccc1.CNc1ccc[nH]1.Cc1cnn(C)c1. The molecule has 0 spiro atoms. The minimum atomic E-state index is 1.06. The molecule has 1 aromatic carbocycles. The van der Waals surface area contributed by atoms with Crippen molar-refractivity contribution in [2.45, 2.75) is 59.8 Å². The Hall–Kier alpha value is -2.49. The summed E-state index contributed by atoms with van der Waals surface area (Å²) in [6.45, 7) is 8.65. The van der Waals surface area contributed by atoms with E-state index in [2.05, 4.69) is 60.4 Å². The molecule has 4 heteroatoms. The van der Waals surface area contributed by atoms with E-state index in [9.17, 15) is 0 Å². The number of anilines is 1. The van der Waals surface area contributed by atoms with Crippen LogP contribution >= 0.6 is 0 Å². The molecule has 0 aliphatic carbocycles. The minimum Gasteiger partial charge on any atom is -0.375 e. The maximum Gasteiger partial charge on any atom is 0.102 e. The van der Waals surface area contributed by atoms with Crippen molar-refractivity contribution in [3.63, 3.8) is 0 Å². The molecule has 156 valence electrons. The van der Waals surface area contributed by atoms with Gasteiger partial charge in [0, 0.05) is 26.5 Å². The number of nitrogens with one attached hydrogen (secondary N) is 2. The Morgan fingerprint density at radius 3 is 1.86 bits per heavy atom. The highest BCUT2D eigenvalue weighted by Crippen LogP contribution is 1.97. The largest absolute Gasteiger partial charge is 0.375 e. The summed E-state index contributed by atoms with van der Waals surface area (Å²) in [5, 5.41) is 6.88. The van der Waals surface area contributed by atoms with Gasteiger partial charge in [0.15, 0.2) is 0 Å². The van der Waals surface area contributed by atoms with E-state index < -0.39 is 0 Å². The number of nitrogens with zero attached hydrogens (tertiary/aromatic N) is 2. The first-order chi connectivity index (χ1) is 13.6. The maximum absolute atomic E-state index is 3.93. The number of hydrogen-bond acceptors (Lipinski definition) is 2. The van der Waals surface area contributed by atoms with E-state index in [0.29, 0.717) is 0 Å². The Morgan fingerprint density at radius 2 is 1.61 bits per heavy atom. The molecule has 3 rings (SSSR count). The van der Waals surface area contributed by atoms with Crippen LogP contribution in [0.15, 0.2) is 61.1 Å². The zero-order valence-electron chi connectivity index (χ0n) is 18.7. The molecule has 4 nitrogen and oxygen atoms in total. The molecule has 2 heterocycles. The number of aryl methyl sites for hydroxylation is 3. The molecule has 0 aliphatic heterocycles. The Bertz CT molecular complexity index is 636. The van der Waals surface area contributed by atoms with Crippen molar-refractivity contribution in [1.29, 1.82) is 0 Å². The molecule has 0 aliphatic rings. The summed E-state index contributed by atoms with van der Waals surface area (Å²) in [5.41, 5.74) is 2.62. The molecule has 0 saturated heterocycles. The van der Waals surface area contributed by atoms with Crippen LogP contribution in [0.1, 0.15) is 57.6 Å². The monoisotopic (exact) mass is 384 g/mol. The van der Waals surface area contributed by atoms with Crippen LogP contribution in [0, 0.1) is 6.92 Å².